The number of morpholine rings is 1. The van der Waals surface area contributed by atoms with Gasteiger partial charge in [-0.3, -0.25) is 4.98 Å². The SMILES string of the molecule is N[C@H]1CCCC[C@H]1Nc1nc(Nc2ccc(N3CCOCC3)cc2)c2cnccc2n1. The largest absolute Gasteiger partial charge is 0.378 e. The van der Waals surface area contributed by atoms with Gasteiger partial charge >= 0.3 is 0 Å². The van der Waals surface area contributed by atoms with Gasteiger partial charge in [0.15, 0.2) is 0 Å². The first kappa shape index (κ1) is 20.0. The van der Waals surface area contributed by atoms with Crippen LogP contribution in [0.25, 0.3) is 10.9 Å². The second kappa shape index (κ2) is 9.03. The monoisotopic (exact) mass is 419 g/mol. The van der Waals surface area contributed by atoms with Gasteiger partial charge in [-0.15, -0.1) is 0 Å². The third kappa shape index (κ3) is 4.55. The van der Waals surface area contributed by atoms with Crippen molar-refractivity contribution < 1.29 is 4.74 Å². The number of nitrogens with zero attached hydrogens (tertiary/aromatic N) is 4. The van der Waals surface area contributed by atoms with Crippen LogP contribution in [0.3, 0.4) is 0 Å². The number of anilines is 4. The molecular formula is C23H29N7O. The summed E-state index contributed by atoms with van der Waals surface area (Å²) in [5.41, 5.74) is 9.35. The van der Waals surface area contributed by atoms with E-state index in [1.165, 1.54) is 18.5 Å². The summed E-state index contributed by atoms with van der Waals surface area (Å²) in [6.45, 7) is 3.40. The van der Waals surface area contributed by atoms with Gasteiger partial charge in [0, 0.05) is 48.9 Å². The number of aromatic nitrogens is 3. The lowest BCUT2D eigenvalue weighted by atomic mass is 9.91. The lowest BCUT2D eigenvalue weighted by molar-refractivity contribution is 0.122. The fraction of sp³-hybridized carbons (Fsp3) is 0.435. The van der Waals surface area contributed by atoms with Crippen molar-refractivity contribution in [3.05, 3.63) is 42.7 Å². The molecule has 1 aliphatic carbocycles. The van der Waals surface area contributed by atoms with Crippen LogP contribution in [0.15, 0.2) is 42.7 Å². The van der Waals surface area contributed by atoms with Crippen molar-refractivity contribution in [1.29, 1.82) is 0 Å². The molecule has 4 N–H and O–H groups in total. The van der Waals surface area contributed by atoms with E-state index in [9.17, 15) is 0 Å². The summed E-state index contributed by atoms with van der Waals surface area (Å²) in [5, 5.41) is 7.82. The van der Waals surface area contributed by atoms with Gasteiger partial charge in [-0.05, 0) is 43.2 Å². The summed E-state index contributed by atoms with van der Waals surface area (Å²) in [6.07, 6.45) is 8.02. The minimum Gasteiger partial charge on any atom is -0.378 e. The molecule has 0 amide bonds. The van der Waals surface area contributed by atoms with Crippen molar-refractivity contribution in [3.63, 3.8) is 0 Å². The Balaban J connectivity index is 1.39. The highest BCUT2D eigenvalue weighted by Gasteiger charge is 2.23. The molecule has 2 fully saturated rings. The number of fused-ring (bicyclic) bond motifs is 1. The first-order chi connectivity index (χ1) is 15.3. The van der Waals surface area contributed by atoms with E-state index < -0.39 is 0 Å². The van der Waals surface area contributed by atoms with Gasteiger partial charge < -0.3 is 26.0 Å². The molecular weight excluding hydrogens is 390 g/mol. The Morgan fingerprint density at radius 1 is 1.00 bits per heavy atom. The predicted molar refractivity (Wildman–Crippen MR) is 124 cm³/mol. The zero-order valence-electron chi connectivity index (χ0n) is 17.6. The minimum absolute atomic E-state index is 0.134. The van der Waals surface area contributed by atoms with Gasteiger partial charge in [-0.1, -0.05) is 12.8 Å². The van der Waals surface area contributed by atoms with Crippen molar-refractivity contribution in [2.24, 2.45) is 5.73 Å². The molecule has 2 aromatic heterocycles. The van der Waals surface area contributed by atoms with Gasteiger partial charge in [0.1, 0.15) is 5.82 Å². The number of hydrogen-bond donors (Lipinski definition) is 3. The van der Waals surface area contributed by atoms with Gasteiger partial charge in [-0.2, -0.15) is 4.98 Å². The highest BCUT2D eigenvalue weighted by Crippen LogP contribution is 2.27. The maximum absolute atomic E-state index is 6.32. The van der Waals surface area contributed by atoms with E-state index in [4.69, 9.17) is 20.4 Å². The van der Waals surface area contributed by atoms with E-state index in [0.717, 1.165) is 61.6 Å². The number of hydrogen-bond acceptors (Lipinski definition) is 8. The summed E-state index contributed by atoms with van der Waals surface area (Å²) >= 11 is 0. The van der Waals surface area contributed by atoms with E-state index in [1.807, 2.05) is 6.07 Å². The number of nitrogens with one attached hydrogen (secondary N) is 2. The lowest BCUT2D eigenvalue weighted by Crippen LogP contribution is -2.43. The summed E-state index contributed by atoms with van der Waals surface area (Å²) in [4.78, 5) is 16.1. The molecule has 3 aromatic rings. The highest BCUT2D eigenvalue weighted by atomic mass is 16.5. The molecule has 1 aromatic carbocycles. The van der Waals surface area contributed by atoms with Crippen molar-refractivity contribution in [2.45, 2.75) is 37.8 Å². The Bertz CT molecular complexity index is 1020. The molecule has 31 heavy (non-hydrogen) atoms. The van der Waals surface area contributed by atoms with Gasteiger partial charge in [-0.25, -0.2) is 4.98 Å². The van der Waals surface area contributed by atoms with Crippen LogP contribution >= 0.6 is 0 Å². The molecule has 1 aliphatic heterocycles. The van der Waals surface area contributed by atoms with Gasteiger partial charge in [0.05, 0.1) is 24.1 Å². The van der Waals surface area contributed by atoms with Crippen LogP contribution in [0.1, 0.15) is 25.7 Å². The number of rotatable bonds is 5. The Labute approximate surface area is 182 Å². The molecule has 0 spiro atoms. The van der Waals surface area contributed by atoms with Crippen LogP contribution in [0.2, 0.25) is 0 Å². The van der Waals surface area contributed by atoms with E-state index >= 15 is 0 Å². The molecule has 0 unspecified atom stereocenters. The third-order valence-electron chi connectivity index (χ3n) is 6.14. The van der Waals surface area contributed by atoms with Gasteiger partial charge in [0.2, 0.25) is 5.95 Å². The molecule has 1 saturated heterocycles. The molecule has 3 heterocycles. The summed E-state index contributed by atoms with van der Waals surface area (Å²) in [7, 11) is 0. The average Bonchev–Trinajstić information content (AvgIpc) is 2.82. The Morgan fingerprint density at radius 2 is 1.81 bits per heavy atom. The predicted octanol–water partition coefficient (Wildman–Crippen LogP) is 3.29. The summed E-state index contributed by atoms with van der Waals surface area (Å²) < 4.78 is 5.45. The molecule has 8 heteroatoms. The van der Waals surface area contributed by atoms with Crippen molar-refractivity contribution in [3.8, 4) is 0 Å². The fourth-order valence-electron chi connectivity index (χ4n) is 4.35. The second-order valence-corrected chi connectivity index (χ2v) is 8.26. The smallest absolute Gasteiger partial charge is 0.225 e. The van der Waals surface area contributed by atoms with Crippen LogP contribution < -0.4 is 21.3 Å². The standard InChI is InChI=1S/C23H29N7O/c24-19-3-1-2-4-21(19)28-23-27-20-9-10-25-15-18(20)22(29-23)26-16-5-7-17(8-6-16)30-11-13-31-14-12-30/h5-10,15,19,21H,1-4,11-14,24H2,(H2,26,27,28,29)/t19-,21+/m0/s1. The lowest BCUT2D eigenvalue weighted by Gasteiger charge is -2.29. The topological polar surface area (TPSA) is 101 Å². The quantitative estimate of drug-likeness (QED) is 0.579. The summed E-state index contributed by atoms with van der Waals surface area (Å²) in [5.74, 6) is 1.34. The van der Waals surface area contributed by atoms with E-state index in [2.05, 4.69) is 44.8 Å². The molecule has 2 atom stereocenters. The van der Waals surface area contributed by atoms with Crippen LogP contribution in [0.4, 0.5) is 23.1 Å². The maximum Gasteiger partial charge on any atom is 0.225 e. The molecule has 1 saturated carbocycles. The summed E-state index contributed by atoms with van der Waals surface area (Å²) in [6, 6.07) is 10.7. The van der Waals surface area contributed by atoms with E-state index in [0.29, 0.717) is 5.95 Å². The van der Waals surface area contributed by atoms with Gasteiger partial charge in [0.25, 0.3) is 0 Å². The van der Waals surface area contributed by atoms with Crippen LogP contribution in [-0.4, -0.2) is 53.3 Å². The zero-order valence-corrected chi connectivity index (χ0v) is 17.6. The van der Waals surface area contributed by atoms with Crippen LogP contribution in [0.5, 0.6) is 0 Å². The number of ether oxygens (including phenoxy) is 1. The molecule has 0 radical (unpaired) electrons. The Morgan fingerprint density at radius 3 is 2.61 bits per heavy atom. The molecule has 5 rings (SSSR count). The maximum atomic E-state index is 6.32. The first-order valence-electron chi connectivity index (χ1n) is 11.1. The number of nitrogens with two attached hydrogens (primary N) is 1. The number of pyridine rings is 1. The highest BCUT2D eigenvalue weighted by molar-refractivity contribution is 5.91. The van der Waals surface area contributed by atoms with Crippen molar-refractivity contribution in [2.75, 3.05) is 41.8 Å². The minimum atomic E-state index is 0.134. The van der Waals surface area contributed by atoms with E-state index in [-0.39, 0.29) is 12.1 Å². The average molecular weight is 420 g/mol. The second-order valence-electron chi connectivity index (χ2n) is 8.26. The first-order valence-corrected chi connectivity index (χ1v) is 11.1. The molecule has 0 bridgehead atoms. The zero-order chi connectivity index (χ0) is 21.0. The Kier molecular flexibility index (Phi) is 5.82. The molecule has 162 valence electrons. The number of benzene rings is 1. The fourth-order valence-corrected chi connectivity index (χ4v) is 4.35. The van der Waals surface area contributed by atoms with Crippen molar-refractivity contribution in [1.82, 2.24) is 15.0 Å². The third-order valence-corrected chi connectivity index (χ3v) is 6.14. The Hall–Kier alpha value is -2.97. The molecule has 2 aliphatic rings. The van der Waals surface area contributed by atoms with E-state index in [1.54, 1.807) is 12.4 Å². The van der Waals surface area contributed by atoms with Crippen LogP contribution in [-0.2, 0) is 4.74 Å². The molecule has 8 nitrogen and oxygen atoms in total. The van der Waals surface area contributed by atoms with Crippen molar-refractivity contribution >= 4 is 34.0 Å². The van der Waals surface area contributed by atoms with Crippen LogP contribution in [0, 0.1) is 0 Å². The normalized spacial score (nSPS) is 21.8.